The third kappa shape index (κ3) is 4.91. The number of ether oxygens (including phenoxy) is 1. The summed E-state index contributed by atoms with van der Waals surface area (Å²) in [5.74, 6) is 1.33. The topological polar surface area (TPSA) is 35.2 Å². The van der Waals surface area contributed by atoms with E-state index in [1.807, 2.05) is 6.07 Å². The van der Waals surface area contributed by atoms with Gasteiger partial charge in [0.2, 0.25) is 0 Å². The van der Waals surface area contributed by atoms with Crippen LogP contribution in [0.15, 0.2) is 54.6 Å². The van der Waals surface area contributed by atoms with Crippen molar-refractivity contribution in [1.82, 2.24) is 0 Å². The van der Waals surface area contributed by atoms with E-state index in [1.54, 1.807) is 0 Å². The molecule has 2 nitrogen and oxygen atoms in total. The summed E-state index contributed by atoms with van der Waals surface area (Å²) in [7, 11) is 0. The highest BCUT2D eigenvalue weighted by atomic mass is 16.5. The summed E-state index contributed by atoms with van der Waals surface area (Å²) in [5, 5.41) is 0. The highest BCUT2D eigenvalue weighted by molar-refractivity contribution is 5.30. The van der Waals surface area contributed by atoms with Crippen LogP contribution in [0.4, 0.5) is 0 Å². The van der Waals surface area contributed by atoms with Crippen LogP contribution < -0.4 is 10.5 Å². The van der Waals surface area contributed by atoms with Crippen molar-refractivity contribution in [3.63, 3.8) is 0 Å². The molecule has 0 bridgehead atoms. The molecule has 1 unspecified atom stereocenters. The van der Waals surface area contributed by atoms with Gasteiger partial charge in [0.25, 0.3) is 0 Å². The molecule has 0 saturated heterocycles. The summed E-state index contributed by atoms with van der Waals surface area (Å²) in [5.41, 5.74) is 8.55. The first kappa shape index (κ1) is 15.6. The molecule has 0 aliphatic carbocycles. The van der Waals surface area contributed by atoms with E-state index in [1.165, 1.54) is 11.1 Å². The van der Waals surface area contributed by atoms with Crippen LogP contribution in [0.5, 0.6) is 5.75 Å². The van der Waals surface area contributed by atoms with Crippen molar-refractivity contribution in [2.45, 2.75) is 32.1 Å². The lowest BCUT2D eigenvalue weighted by Crippen LogP contribution is -2.14. The van der Waals surface area contributed by atoms with Gasteiger partial charge in [-0.2, -0.15) is 0 Å². The fourth-order valence-corrected chi connectivity index (χ4v) is 2.40. The van der Waals surface area contributed by atoms with Crippen LogP contribution in [0.25, 0.3) is 0 Å². The maximum Gasteiger partial charge on any atom is 0.119 e. The Labute approximate surface area is 127 Å². The Morgan fingerprint density at radius 3 is 2.33 bits per heavy atom. The van der Waals surface area contributed by atoms with Gasteiger partial charge < -0.3 is 10.5 Å². The van der Waals surface area contributed by atoms with E-state index in [2.05, 4.69) is 55.5 Å². The van der Waals surface area contributed by atoms with Gasteiger partial charge in [0, 0.05) is 5.92 Å². The smallest absolute Gasteiger partial charge is 0.119 e. The summed E-state index contributed by atoms with van der Waals surface area (Å²) in [4.78, 5) is 0. The van der Waals surface area contributed by atoms with E-state index in [9.17, 15) is 0 Å². The lowest BCUT2D eigenvalue weighted by molar-refractivity contribution is 0.309. The Hall–Kier alpha value is -1.80. The molecule has 2 aromatic rings. The van der Waals surface area contributed by atoms with Gasteiger partial charge in [0.05, 0.1) is 6.61 Å². The Morgan fingerprint density at radius 2 is 1.71 bits per heavy atom. The molecule has 0 radical (unpaired) electrons. The van der Waals surface area contributed by atoms with E-state index in [4.69, 9.17) is 10.5 Å². The molecule has 0 spiro atoms. The molecule has 2 N–H and O–H groups in total. The molecule has 2 aromatic carbocycles. The van der Waals surface area contributed by atoms with Crippen LogP contribution in [-0.4, -0.2) is 13.2 Å². The van der Waals surface area contributed by atoms with Crippen LogP contribution in [0, 0.1) is 0 Å². The van der Waals surface area contributed by atoms with Gasteiger partial charge in [-0.1, -0.05) is 55.8 Å². The first-order chi connectivity index (χ1) is 10.3. The molecule has 0 aromatic heterocycles. The molecule has 0 amide bonds. The van der Waals surface area contributed by atoms with Gasteiger partial charge in [0.15, 0.2) is 0 Å². The minimum atomic E-state index is 0.373. The number of rotatable bonds is 8. The maximum atomic E-state index is 5.94. The largest absolute Gasteiger partial charge is 0.494 e. The number of benzene rings is 2. The van der Waals surface area contributed by atoms with E-state index < -0.39 is 0 Å². The van der Waals surface area contributed by atoms with E-state index in [0.29, 0.717) is 12.5 Å². The van der Waals surface area contributed by atoms with Crippen molar-refractivity contribution < 1.29 is 4.74 Å². The lowest BCUT2D eigenvalue weighted by Gasteiger charge is -2.15. The monoisotopic (exact) mass is 283 g/mol. The van der Waals surface area contributed by atoms with Crippen molar-refractivity contribution in [2.75, 3.05) is 13.2 Å². The van der Waals surface area contributed by atoms with Crippen LogP contribution >= 0.6 is 0 Å². The van der Waals surface area contributed by atoms with Crippen LogP contribution in [0.1, 0.15) is 36.8 Å². The molecule has 0 aliphatic heterocycles. The third-order valence-electron chi connectivity index (χ3n) is 3.73. The quantitative estimate of drug-likeness (QED) is 0.739. The standard InChI is InChI=1S/C19H25NO/c1-2-3-13-21-19-11-9-16(10-12-19)14-18(15-20)17-7-5-4-6-8-17/h4-12,18H,2-3,13-15,20H2,1H3. The van der Waals surface area contributed by atoms with Crippen LogP contribution in [0.3, 0.4) is 0 Å². The average Bonchev–Trinajstić information content (AvgIpc) is 2.55. The Morgan fingerprint density at radius 1 is 1.00 bits per heavy atom. The normalized spacial score (nSPS) is 12.1. The number of hydrogen-bond donors (Lipinski definition) is 1. The molecule has 21 heavy (non-hydrogen) atoms. The van der Waals surface area contributed by atoms with Crippen molar-refractivity contribution in [3.8, 4) is 5.75 Å². The number of unbranched alkanes of at least 4 members (excludes halogenated alkanes) is 1. The van der Waals surface area contributed by atoms with E-state index in [-0.39, 0.29) is 0 Å². The average molecular weight is 283 g/mol. The number of nitrogens with two attached hydrogens (primary N) is 1. The van der Waals surface area contributed by atoms with Crippen LogP contribution in [0.2, 0.25) is 0 Å². The lowest BCUT2D eigenvalue weighted by atomic mass is 9.92. The molecule has 2 heteroatoms. The molecule has 0 heterocycles. The van der Waals surface area contributed by atoms with E-state index >= 15 is 0 Å². The summed E-state index contributed by atoms with van der Waals surface area (Å²) in [6.45, 7) is 3.63. The minimum Gasteiger partial charge on any atom is -0.494 e. The Kier molecular flexibility index (Phi) is 6.29. The van der Waals surface area contributed by atoms with E-state index in [0.717, 1.165) is 31.6 Å². The second-order valence-electron chi connectivity index (χ2n) is 5.39. The van der Waals surface area contributed by atoms with Gasteiger partial charge in [-0.05, 0) is 42.6 Å². The predicted molar refractivity (Wildman–Crippen MR) is 88.8 cm³/mol. The molecule has 112 valence electrons. The minimum absolute atomic E-state index is 0.373. The molecule has 0 fully saturated rings. The molecule has 1 atom stereocenters. The second kappa shape index (κ2) is 8.48. The van der Waals surface area contributed by atoms with Crippen molar-refractivity contribution in [3.05, 3.63) is 65.7 Å². The predicted octanol–water partition coefficient (Wildman–Crippen LogP) is 4.15. The fourth-order valence-electron chi connectivity index (χ4n) is 2.40. The van der Waals surface area contributed by atoms with Crippen LogP contribution in [-0.2, 0) is 6.42 Å². The summed E-state index contributed by atoms with van der Waals surface area (Å²) < 4.78 is 5.69. The zero-order chi connectivity index (χ0) is 14.9. The molecule has 2 rings (SSSR count). The number of hydrogen-bond acceptors (Lipinski definition) is 2. The summed E-state index contributed by atoms with van der Waals surface area (Å²) in [6, 6.07) is 18.9. The molecule has 0 saturated carbocycles. The molecular formula is C19H25NO. The van der Waals surface area contributed by atoms with Gasteiger partial charge in [0.1, 0.15) is 5.75 Å². The summed E-state index contributed by atoms with van der Waals surface area (Å²) >= 11 is 0. The van der Waals surface area contributed by atoms with Gasteiger partial charge in [-0.25, -0.2) is 0 Å². The molecule has 0 aliphatic rings. The Balaban J connectivity index is 1.95. The highest BCUT2D eigenvalue weighted by Gasteiger charge is 2.10. The van der Waals surface area contributed by atoms with Gasteiger partial charge in [-0.15, -0.1) is 0 Å². The fraction of sp³-hybridized carbons (Fsp3) is 0.368. The first-order valence-corrected chi connectivity index (χ1v) is 7.80. The highest BCUT2D eigenvalue weighted by Crippen LogP contribution is 2.21. The zero-order valence-electron chi connectivity index (χ0n) is 12.8. The van der Waals surface area contributed by atoms with Crippen molar-refractivity contribution in [2.24, 2.45) is 5.73 Å². The third-order valence-corrected chi connectivity index (χ3v) is 3.73. The Bertz CT molecular complexity index is 507. The second-order valence-corrected chi connectivity index (χ2v) is 5.39. The zero-order valence-corrected chi connectivity index (χ0v) is 12.8. The van der Waals surface area contributed by atoms with Crippen molar-refractivity contribution in [1.29, 1.82) is 0 Å². The SMILES string of the molecule is CCCCOc1ccc(CC(CN)c2ccccc2)cc1. The maximum absolute atomic E-state index is 5.94. The van der Waals surface area contributed by atoms with Gasteiger partial charge >= 0.3 is 0 Å². The van der Waals surface area contributed by atoms with Crippen molar-refractivity contribution >= 4 is 0 Å². The molecular weight excluding hydrogens is 258 g/mol. The summed E-state index contributed by atoms with van der Waals surface area (Å²) in [6.07, 6.45) is 3.23. The van der Waals surface area contributed by atoms with Gasteiger partial charge in [-0.3, -0.25) is 0 Å². The first-order valence-electron chi connectivity index (χ1n) is 7.80.